The second kappa shape index (κ2) is 6.66. The van der Waals surface area contributed by atoms with E-state index in [0.29, 0.717) is 13.0 Å². The Hall–Kier alpha value is -2.27. The first kappa shape index (κ1) is 19.1. The summed E-state index contributed by atoms with van der Waals surface area (Å²) in [7, 11) is 4.07. The van der Waals surface area contributed by atoms with E-state index >= 15 is 0 Å². The second-order valence-corrected chi connectivity index (χ2v) is 9.24. The number of anilines is 2. The molecular formula is C23H26BrN3O. The number of fused-ring (bicyclic) bond motifs is 3. The average Bonchev–Trinajstić information content (AvgIpc) is 2.84. The number of benzene rings is 2. The van der Waals surface area contributed by atoms with Gasteiger partial charge in [-0.3, -0.25) is 4.79 Å². The van der Waals surface area contributed by atoms with E-state index in [0.717, 1.165) is 10.0 Å². The molecule has 28 heavy (non-hydrogen) atoms. The number of hydrogen-bond acceptors (Lipinski definition) is 3. The topological polar surface area (TPSA) is 35.6 Å². The zero-order valence-electron chi connectivity index (χ0n) is 16.8. The number of carbonyl (C=O) groups is 1. The summed E-state index contributed by atoms with van der Waals surface area (Å²) in [6, 6.07) is 14.9. The molecule has 0 unspecified atom stereocenters. The maximum Gasteiger partial charge on any atom is 0.223 e. The Labute approximate surface area is 175 Å². The third-order valence-corrected chi connectivity index (χ3v) is 6.61. The van der Waals surface area contributed by atoms with E-state index in [1.54, 1.807) is 0 Å². The lowest BCUT2D eigenvalue weighted by Crippen LogP contribution is -2.68. The summed E-state index contributed by atoms with van der Waals surface area (Å²) < 4.78 is 1.06. The normalized spacial score (nSPS) is 22.8. The van der Waals surface area contributed by atoms with Crippen LogP contribution in [0.25, 0.3) is 6.08 Å². The summed E-state index contributed by atoms with van der Waals surface area (Å²) in [6.07, 6.45) is 4.81. The molecule has 2 aliphatic heterocycles. The van der Waals surface area contributed by atoms with Gasteiger partial charge in [0.15, 0.2) is 0 Å². The van der Waals surface area contributed by atoms with E-state index in [4.69, 9.17) is 0 Å². The Morgan fingerprint density at radius 3 is 2.54 bits per heavy atom. The molecule has 2 heterocycles. The Bertz CT molecular complexity index is 949. The maximum atomic E-state index is 12.5. The molecule has 1 fully saturated rings. The van der Waals surface area contributed by atoms with Gasteiger partial charge in [0.05, 0.1) is 0 Å². The molecule has 5 heteroatoms. The molecule has 0 spiro atoms. The van der Waals surface area contributed by atoms with Gasteiger partial charge in [-0.2, -0.15) is 0 Å². The molecule has 0 aliphatic carbocycles. The van der Waals surface area contributed by atoms with Gasteiger partial charge in [-0.15, -0.1) is 0 Å². The highest BCUT2D eigenvalue weighted by Gasteiger charge is 2.57. The molecule has 2 aromatic carbocycles. The van der Waals surface area contributed by atoms with E-state index in [-0.39, 0.29) is 11.3 Å². The third-order valence-electron chi connectivity index (χ3n) is 6.12. The Kier molecular flexibility index (Phi) is 4.53. The van der Waals surface area contributed by atoms with Gasteiger partial charge in [-0.25, -0.2) is 0 Å². The smallest absolute Gasteiger partial charge is 0.223 e. The van der Waals surface area contributed by atoms with E-state index in [2.05, 4.69) is 99.5 Å². The van der Waals surface area contributed by atoms with Gasteiger partial charge < -0.3 is 15.1 Å². The van der Waals surface area contributed by atoms with E-state index in [1.807, 2.05) is 14.1 Å². The zero-order chi connectivity index (χ0) is 20.1. The van der Waals surface area contributed by atoms with Crippen LogP contribution in [0.2, 0.25) is 0 Å². The first-order chi connectivity index (χ1) is 13.2. The number of rotatable bonds is 3. The summed E-state index contributed by atoms with van der Waals surface area (Å²) >= 11 is 3.61. The highest BCUT2D eigenvalue weighted by atomic mass is 79.9. The molecule has 0 saturated carbocycles. The standard InChI is InChI=1S/C23H26BrN3O/c1-22(2)19-15-17(24)7-10-20(19)27-14-12-21(28)25-23(22,27)13-11-16-5-8-18(9-6-16)26(3)4/h5-11,13,15H,12,14H2,1-4H3,(H,25,28)/b13-11+/t23-/m1/s1. The van der Waals surface area contributed by atoms with Crippen molar-refractivity contribution in [2.24, 2.45) is 0 Å². The van der Waals surface area contributed by atoms with Gasteiger partial charge in [-0.1, -0.05) is 48.0 Å². The van der Waals surface area contributed by atoms with Crippen LogP contribution in [0.15, 0.2) is 53.0 Å². The van der Waals surface area contributed by atoms with Crippen LogP contribution in [0.1, 0.15) is 31.4 Å². The fourth-order valence-corrected chi connectivity index (χ4v) is 4.79. The number of nitrogens with one attached hydrogen (secondary N) is 1. The van der Waals surface area contributed by atoms with E-state index in [1.165, 1.54) is 16.9 Å². The number of halogens is 1. The molecule has 1 N–H and O–H groups in total. The quantitative estimate of drug-likeness (QED) is 0.761. The van der Waals surface area contributed by atoms with Crippen molar-refractivity contribution in [3.8, 4) is 0 Å². The van der Waals surface area contributed by atoms with Crippen molar-refractivity contribution in [3.05, 3.63) is 64.1 Å². The highest BCUT2D eigenvalue weighted by Crippen LogP contribution is 2.53. The second-order valence-electron chi connectivity index (χ2n) is 8.32. The van der Waals surface area contributed by atoms with Gasteiger partial charge in [0.1, 0.15) is 5.66 Å². The lowest BCUT2D eigenvalue weighted by atomic mass is 9.74. The fourth-order valence-electron chi connectivity index (χ4n) is 4.43. The van der Waals surface area contributed by atoms with E-state index < -0.39 is 5.66 Å². The van der Waals surface area contributed by atoms with Crippen molar-refractivity contribution in [2.75, 3.05) is 30.4 Å². The van der Waals surface area contributed by atoms with Crippen molar-refractivity contribution in [1.82, 2.24) is 5.32 Å². The van der Waals surface area contributed by atoms with Crippen molar-refractivity contribution in [2.45, 2.75) is 31.3 Å². The van der Waals surface area contributed by atoms with Crippen LogP contribution < -0.4 is 15.1 Å². The summed E-state index contributed by atoms with van der Waals surface area (Å²) in [5, 5.41) is 3.33. The SMILES string of the molecule is CN(C)c1ccc(/C=C/[C@@]23NC(=O)CCN2c2ccc(Br)cc2C3(C)C)cc1. The number of nitrogens with zero attached hydrogens (tertiary/aromatic N) is 2. The van der Waals surface area contributed by atoms with Gasteiger partial charge in [0.25, 0.3) is 0 Å². The van der Waals surface area contributed by atoms with Crippen LogP contribution >= 0.6 is 15.9 Å². The van der Waals surface area contributed by atoms with Gasteiger partial charge in [0.2, 0.25) is 5.91 Å². The summed E-state index contributed by atoms with van der Waals surface area (Å²) in [4.78, 5) is 16.9. The molecule has 1 saturated heterocycles. The number of amides is 1. The van der Waals surface area contributed by atoms with Crippen LogP contribution in [-0.4, -0.2) is 32.2 Å². The van der Waals surface area contributed by atoms with Gasteiger partial charge in [0, 0.05) is 48.3 Å². The van der Waals surface area contributed by atoms with Gasteiger partial charge >= 0.3 is 0 Å². The Morgan fingerprint density at radius 1 is 1.14 bits per heavy atom. The zero-order valence-corrected chi connectivity index (χ0v) is 18.4. The minimum absolute atomic E-state index is 0.101. The monoisotopic (exact) mass is 439 g/mol. The van der Waals surface area contributed by atoms with Gasteiger partial charge in [-0.05, 0) is 47.5 Å². The molecule has 2 aliphatic rings. The minimum Gasteiger partial charge on any atom is -0.378 e. The molecule has 2 aromatic rings. The Balaban J connectivity index is 1.78. The van der Waals surface area contributed by atoms with Crippen molar-refractivity contribution < 1.29 is 4.79 Å². The highest BCUT2D eigenvalue weighted by molar-refractivity contribution is 9.10. The minimum atomic E-state index is -0.578. The average molecular weight is 440 g/mol. The fraction of sp³-hybridized carbons (Fsp3) is 0.348. The summed E-state index contributed by atoms with van der Waals surface area (Å²) in [6.45, 7) is 5.14. The lowest BCUT2D eigenvalue weighted by molar-refractivity contribution is -0.124. The predicted molar refractivity (Wildman–Crippen MR) is 120 cm³/mol. The summed E-state index contributed by atoms with van der Waals surface area (Å²) in [5.41, 5.74) is 3.88. The molecule has 1 amide bonds. The first-order valence-electron chi connectivity index (χ1n) is 9.60. The lowest BCUT2D eigenvalue weighted by Gasteiger charge is -2.49. The molecule has 1 atom stereocenters. The third kappa shape index (κ3) is 2.84. The first-order valence-corrected chi connectivity index (χ1v) is 10.4. The van der Waals surface area contributed by atoms with Crippen LogP contribution in [-0.2, 0) is 10.2 Å². The van der Waals surface area contributed by atoms with Crippen LogP contribution in [0.3, 0.4) is 0 Å². The maximum absolute atomic E-state index is 12.5. The molecule has 0 bridgehead atoms. The van der Waals surface area contributed by atoms with E-state index in [9.17, 15) is 4.79 Å². The largest absolute Gasteiger partial charge is 0.378 e. The predicted octanol–water partition coefficient (Wildman–Crippen LogP) is 4.54. The molecular weight excluding hydrogens is 414 g/mol. The van der Waals surface area contributed by atoms with Crippen molar-refractivity contribution in [1.29, 1.82) is 0 Å². The molecule has 4 rings (SSSR count). The van der Waals surface area contributed by atoms with Crippen molar-refractivity contribution in [3.63, 3.8) is 0 Å². The molecule has 0 radical (unpaired) electrons. The Morgan fingerprint density at radius 2 is 1.86 bits per heavy atom. The van der Waals surface area contributed by atoms with Crippen molar-refractivity contribution >= 4 is 39.3 Å². The van der Waals surface area contributed by atoms with Crippen LogP contribution in [0.4, 0.5) is 11.4 Å². The molecule has 0 aromatic heterocycles. The van der Waals surface area contributed by atoms with Crippen LogP contribution in [0.5, 0.6) is 0 Å². The summed E-state index contributed by atoms with van der Waals surface area (Å²) in [5.74, 6) is 0.101. The number of carbonyl (C=O) groups excluding carboxylic acids is 1. The molecule has 146 valence electrons. The number of hydrogen-bond donors (Lipinski definition) is 1. The molecule has 4 nitrogen and oxygen atoms in total. The van der Waals surface area contributed by atoms with Crippen LogP contribution in [0, 0.1) is 0 Å².